The first-order chi connectivity index (χ1) is 13.9. The lowest BCUT2D eigenvalue weighted by molar-refractivity contribution is 0.0570. The Kier molecular flexibility index (Phi) is 7.69. The zero-order valence-electron chi connectivity index (χ0n) is 16.0. The largest absolute Gasteiger partial charge is 0.491 e. The molecule has 1 aliphatic rings. The Morgan fingerprint density at radius 3 is 2.34 bits per heavy atom. The first-order valence-electron chi connectivity index (χ1n) is 9.44. The number of nitrogens with zero attached hydrogens (tertiary/aromatic N) is 2. The lowest BCUT2D eigenvalue weighted by Gasteiger charge is -2.34. The van der Waals surface area contributed by atoms with Crippen LogP contribution in [0.15, 0.2) is 60.0 Å². The minimum absolute atomic E-state index is 0.167. The van der Waals surface area contributed by atoms with Crippen molar-refractivity contribution >= 4 is 27.7 Å². The van der Waals surface area contributed by atoms with Crippen molar-refractivity contribution in [3.05, 3.63) is 70.6 Å². The fraction of sp³-hybridized carbons (Fsp3) is 0.333. The van der Waals surface area contributed by atoms with Crippen LogP contribution in [-0.2, 0) is 10.0 Å². The van der Waals surface area contributed by atoms with Crippen molar-refractivity contribution in [2.75, 3.05) is 39.3 Å². The molecule has 156 valence electrons. The second kappa shape index (κ2) is 10.2. The Balaban J connectivity index is 1.43. The van der Waals surface area contributed by atoms with Gasteiger partial charge in [-0.25, -0.2) is 8.42 Å². The number of ether oxygens (including phenoxy) is 1. The van der Waals surface area contributed by atoms with Crippen LogP contribution >= 0.6 is 11.6 Å². The topological polar surface area (TPSA) is 70.1 Å². The van der Waals surface area contributed by atoms with Gasteiger partial charge in [0.15, 0.2) is 0 Å². The molecule has 2 aromatic carbocycles. The molecule has 1 N–H and O–H groups in total. The number of β-amino-alcohol motifs (C(OH)–C–C–N with tert-alkyl or cyclic N) is 1. The van der Waals surface area contributed by atoms with Crippen LogP contribution in [0.1, 0.15) is 5.56 Å². The molecule has 1 atom stereocenters. The zero-order chi connectivity index (χ0) is 20.7. The number of aliphatic hydroxyl groups is 1. The van der Waals surface area contributed by atoms with E-state index in [4.69, 9.17) is 16.3 Å². The van der Waals surface area contributed by atoms with Gasteiger partial charge in [0, 0.05) is 43.2 Å². The van der Waals surface area contributed by atoms with Crippen molar-refractivity contribution in [2.45, 2.75) is 6.10 Å². The molecule has 0 saturated carbocycles. The van der Waals surface area contributed by atoms with E-state index in [9.17, 15) is 13.5 Å². The molecule has 1 saturated heterocycles. The van der Waals surface area contributed by atoms with Gasteiger partial charge < -0.3 is 9.84 Å². The molecule has 0 aromatic heterocycles. The SMILES string of the molecule is O=S(=O)(C=Cc1ccccc1)N1CCN(CC(O)COc2ccc(Cl)cc2)CC1. The normalized spacial score (nSPS) is 17.4. The highest BCUT2D eigenvalue weighted by molar-refractivity contribution is 7.92. The Morgan fingerprint density at radius 1 is 1.03 bits per heavy atom. The van der Waals surface area contributed by atoms with E-state index in [1.807, 2.05) is 35.2 Å². The van der Waals surface area contributed by atoms with Crippen molar-refractivity contribution in [1.82, 2.24) is 9.21 Å². The molecule has 1 fully saturated rings. The third-order valence-electron chi connectivity index (χ3n) is 4.65. The van der Waals surface area contributed by atoms with Gasteiger partial charge in [0.25, 0.3) is 0 Å². The van der Waals surface area contributed by atoms with Gasteiger partial charge in [0.2, 0.25) is 10.0 Å². The molecule has 29 heavy (non-hydrogen) atoms. The van der Waals surface area contributed by atoms with Gasteiger partial charge in [-0.1, -0.05) is 41.9 Å². The predicted octanol–water partition coefficient (Wildman–Crippen LogP) is 2.70. The minimum atomic E-state index is -3.46. The monoisotopic (exact) mass is 436 g/mol. The summed E-state index contributed by atoms with van der Waals surface area (Å²) in [6.45, 7) is 2.52. The Hall–Kier alpha value is -1.90. The quantitative estimate of drug-likeness (QED) is 0.689. The van der Waals surface area contributed by atoms with E-state index in [0.29, 0.717) is 43.5 Å². The van der Waals surface area contributed by atoms with Crippen LogP contribution in [-0.4, -0.2) is 68.2 Å². The van der Waals surface area contributed by atoms with Crippen molar-refractivity contribution in [3.8, 4) is 5.75 Å². The number of hydrogen-bond donors (Lipinski definition) is 1. The van der Waals surface area contributed by atoms with Gasteiger partial charge in [0.05, 0.1) is 0 Å². The summed E-state index contributed by atoms with van der Waals surface area (Å²) >= 11 is 5.84. The fourth-order valence-electron chi connectivity index (χ4n) is 3.06. The van der Waals surface area contributed by atoms with Crippen LogP contribution in [0, 0.1) is 0 Å². The second-order valence-electron chi connectivity index (χ2n) is 6.88. The van der Waals surface area contributed by atoms with E-state index in [-0.39, 0.29) is 6.61 Å². The molecule has 1 aliphatic heterocycles. The van der Waals surface area contributed by atoms with Crippen LogP contribution < -0.4 is 4.74 Å². The van der Waals surface area contributed by atoms with Gasteiger partial charge >= 0.3 is 0 Å². The average molecular weight is 437 g/mol. The summed E-state index contributed by atoms with van der Waals surface area (Å²) in [5.74, 6) is 0.648. The Labute approximate surface area is 177 Å². The van der Waals surface area contributed by atoms with Crippen molar-refractivity contribution < 1.29 is 18.3 Å². The first-order valence-corrected chi connectivity index (χ1v) is 11.3. The molecule has 1 unspecified atom stereocenters. The molecule has 8 heteroatoms. The number of benzene rings is 2. The van der Waals surface area contributed by atoms with Crippen molar-refractivity contribution in [2.24, 2.45) is 0 Å². The van der Waals surface area contributed by atoms with Crippen LogP contribution in [0.4, 0.5) is 0 Å². The highest BCUT2D eigenvalue weighted by atomic mass is 35.5. The van der Waals surface area contributed by atoms with Gasteiger partial charge in [0.1, 0.15) is 18.5 Å². The summed E-state index contributed by atoms with van der Waals surface area (Å²) in [5, 5.41) is 12.1. The third kappa shape index (κ3) is 6.83. The molecule has 0 radical (unpaired) electrons. The molecule has 0 bridgehead atoms. The fourth-order valence-corrected chi connectivity index (χ4v) is 4.35. The molecular weight excluding hydrogens is 412 g/mol. The molecule has 0 aliphatic carbocycles. The molecular formula is C21H25ClN2O4S. The number of hydrogen-bond acceptors (Lipinski definition) is 5. The maximum Gasteiger partial charge on any atom is 0.236 e. The van der Waals surface area contributed by atoms with Gasteiger partial charge in [-0.3, -0.25) is 4.90 Å². The van der Waals surface area contributed by atoms with E-state index in [1.165, 1.54) is 9.71 Å². The maximum absolute atomic E-state index is 12.5. The Morgan fingerprint density at radius 2 is 1.69 bits per heavy atom. The molecule has 0 amide bonds. The second-order valence-corrected chi connectivity index (χ2v) is 9.13. The predicted molar refractivity (Wildman–Crippen MR) is 115 cm³/mol. The van der Waals surface area contributed by atoms with E-state index in [0.717, 1.165) is 5.56 Å². The molecule has 3 rings (SSSR count). The highest BCUT2D eigenvalue weighted by Gasteiger charge is 2.26. The van der Waals surface area contributed by atoms with Crippen LogP contribution in [0.5, 0.6) is 5.75 Å². The van der Waals surface area contributed by atoms with Gasteiger partial charge in [-0.2, -0.15) is 4.31 Å². The van der Waals surface area contributed by atoms with Crippen LogP contribution in [0.3, 0.4) is 0 Å². The van der Waals surface area contributed by atoms with E-state index >= 15 is 0 Å². The molecule has 0 spiro atoms. The zero-order valence-corrected chi connectivity index (χ0v) is 17.6. The van der Waals surface area contributed by atoms with Gasteiger partial charge in [-0.15, -0.1) is 0 Å². The number of aliphatic hydroxyl groups excluding tert-OH is 1. The van der Waals surface area contributed by atoms with Crippen molar-refractivity contribution in [1.29, 1.82) is 0 Å². The van der Waals surface area contributed by atoms with Crippen molar-refractivity contribution in [3.63, 3.8) is 0 Å². The Bertz CT molecular complexity index is 896. The first kappa shape index (κ1) is 21.8. The third-order valence-corrected chi connectivity index (χ3v) is 6.47. The molecule has 1 heterocycles. The van der Waals surface area contributed by atoms with E-state index in [1.54, 1.807) is 30.3 Å². The summed E-state index contributed by atoms with van der Waals surface area (Å²) in [5.41, 5.74) is 0.846. The minimum Gasteiger partial charge on any atom is -0.491 e. The molecule has 2 aromatic rings. The summed E-state index contributed by atoms with van der Waals surface area (Å²) in [7, 11) is -3.46. The average Bonchev–Trinajstić information content (AvgIpc) is 2.73. The summed E-state index contributed by atoms with van der Waals surface area (Å²) in [4.78, 5) is 2.04. The lowest BCUT2D eigenvalue weighted by atomic mass is 10.2. The molecule has 6 nitrogen and oxygen atoms in total. The number of piperazine rings is 1. The van der Waals surface area contributed by atoms with E-state index < -0.39 is 16.1 Å². The standard InChI is InChI=1S/C21H25ClN2O4S/c22-19-6-8-21(9-7-19)28-17-20(25)16-23-11-13-24(14-12-23)29(26,27)15-10-18-4-2-1-3-5-18/h1-10,15,20,25H,11-14,16-17H2. The summed E-state index contributed by atoms with van der Waals surface area (Å²) in [6, 6.07) is 16.3. The highest BCUT2D eigenvalue weighted by Crippen LogP contribution is 2.16. The van der Waals surface area contributed by atoms with E-state index in [2.05, 4.69) is 0 Å². The van der Waals surface area contributed by atoms with Gasteiger partial charge in [-0.05, 0) is 35.9 Å². The van der Waals surface area contributed by atoms with Crippen LogP contribution in [0.25, 0.3) is 6.08 Å². The number of halogens is 1. The summed E-state index contributed by atoms with van der Waals surface area (Å²) < 4.78 is 32.1. The van der Waals surface area contributed by atoms with Crippen LogP contribution in [0.2, 0.25) is 5.02 Å². The number of sulfonamides is 1. The summed E-state index contributed by atoms with van der Waals surface area (Å²) in [6.07, 6.45) is 0.950. The maximum atomic E-state index is 12.5. The lowest BCUT2D eigenvalue weighted by Crippen LogP contribution is -2.50. The number of rotatable bonds is 8. The smallest absolute Gasteiger partial charge is 0.236 e.